The lowest BCUT2D eigenvalue weighted by molar-refractivity contribution is 0.0528. The van der Waals surface area contributed by atoms with Crippen LogP contribution in [0.2, 0.25) is 0 Å². The molecule has 0 aliphatic carbocycles. The van der Waals surface area contributed by atoms with Crippen molar-refractivity contribution in [3.05, 3.63) is 46.2 Å². The van der Waals surface area contributed by atoms with Crippen molar-refractivity contribution in [3.8, 4) is 11.1 Å². The lowest BCUT2D eigenvalue weighted by atomic mass is 10.0. The smallest absolute Gasteiger partial charge is 0.339 e. The van der Waals surface area contributed by atoms with Crippen molar-refractivity contribution in [1.29, 1.82) is 0 Å². The van der Waals surface area contributed by atoms with Gasteiger partial charge in [-0.3, -0.25) is 0 Å². The average Bonchev–Trinajstić information content (AvgIpc) is 2.78. The van der Waals surface area contributed by atoms with E-state index in [9.17, 15) is 4.79 Å². The van der Waals surface area contributed by atoms with Crippen molar-refractivity contribution in [2.75, 3.05) is 6.61 Å². The SMILES string of the molecule is CCOC(=O)c1cscc1-c1cccc(C)c1. The highest BCUT2D eigenvalue weighted by atomic mass is 32.1. The summed E-state index contributed by atoms with van der Waals surface area (Å²) in [5.74, 6) is -0.245. The van der Waals surface area contributed by atoms with Gasteiger partial charge in [0.2, 0.25) is 0 Å². The van der Waals surface area contributed by atoms with Crippen LogP contribution in [0.15, 0.2) is 35.0 Å². The minimum atomic E-state index is -0.245. The number of hydrogen-bond donors (Lipinski definition) is 0. The van der Waals surface area contributed by atoms with Gasteiger partial charge in [-0.25, -0.2) is 4.79 Å². The van der Waals surface area contributed by atoms with Crippen molar-refractivity contribution in [2.45, 2.75) is 13.8 Å². The van der Waals surface area contributed by atoms with E-state index in [0.717, 1.165) is 11.1 Å². The molecule has 0 saturated carbocycles. The second-order valence-electron chi connectivity index (χ2n) is 3.79. The Hall–Kier alpha value is -1.61. The first-order valence-corrected chi connectivity index (χ1v) is 6.47. The molecular weight excluding hydrogens is 232 g/mol. The topological polar surface area (TPSA) is 26.3 Å². The molecule has 17 heavy (non-hydrogen) atoms. The van der Waals surface area contributed by atoms with Crippen LogP contribution in [0.3, 0.4) is 0 Å². The van der Waals surface area contributed by atoms with Gasteiger partial charge < -0.3 is 4.74 Å². The van der Waals surface area contributed by atoms with Crippen LogP contribution in [0.1, 0.15) is 22.8 Å². The zero-order chi connectivity index (χ0) is 12.3. The first-order chi connectivity index (χ1) is 8.22. The fourth-order valence-corrected chi connectivity index (χ4v) is 2.53. The van der Waals surface area contributed by atoms with Crippen LogP contribution in [0, 0.1) is 6.92 Å². The summed E-state index contributed by atoms with van der Waals surface area (Å²) >= 11 is 1.52. The summed E-state index contributed by atoms with van der Waals surface area (Å²) in [7, 11) is 0. The molecule has 2 rings (SSSR count). The van der Waals surface area contributed by atoms with Gasteiger partial charge in [0, 0.05) is 10.9 Å². The number of aryl methyl sites for hydroxylation is 1. The third-order valence-corrected chi connectivity index (χ3v) is 3.23. The van der Waals surface area contributed by atoms with Gasteiger partial charge in [-0.2, -0.15) is 11.3 Å². The molecule has 0 radical (unpaired) electrons. The van der Waals surface area contributed by atoms with E-state index in [-0.39, 0.29) is 5.97 Å². The standard InChI is InChI=1S/C14H14O2S/c1-3-16-14(15)13-9-17-8-12(13)11-6-4-5-10(2)7-11/h4-9H,3H2,1-2H3. The Morgan fingerprint density at radius 2 is 2.18 bits per heavy atom. The van der Waals surface area contributed by atoms with Crippen LogP contribution in [-0.4, -0.2) is 12.6 Å². The van der Waals surface area contributed by atoms with Crippen LogP contribution in [0.5, 0.6) is 0 Å². The summed E-state index contributed by atoms with van der Waals surface area (Å²) in [5, 5.41) is 3.83. The molecule has 2 nitrogen and oxygen atoms in total. The number of esters is 1. The second kappa shape index (κ2) is 5.15. The van der Waals surface area contributed by atoms with Gasteiger partial charge in [-0.05, 0) is 24.8 Å². The zero-order valence-corrected chi connectivity index (χ0v) is 10.7. The average molecular weight is 246 g/mol. The number of rotatable bonds is 3. The third-order valence-electron chi connectivity index (χ3n) is 2.49. The van der Waals surface area contributed by atoms with Crippen LogP contribution < -0.4 is 0 Å². The fourth-order valence-electron chi connectivity index (χ4n) is 1.70. The van der Waals surface area contributed by atoms with Crippen LogP contribution >= 0.6 is 11.3 Å². The largest absolute Gasteiger partial charge is 0.462 e. The molecule has 0 atom stereocenters. The summed E-state index contributed by atoms with van der Waals surface area (Å²) in [5.41, 5.74) is 3.86. The number of ether oxygens (including phenoxy) is 1. The van der Waals surface area contributed by atoms with Gasteiger partial charge in [0.25, 0.3) is 0 Å². The normalized spacial score (nSPS) is 10.2. The van der Waals surface area contributed by atoms with E-state index < -0.39 is 0 Å². The molecule has 0 amide bonds. The van der Waals surface area contributed by atoms with Crippen molar-refractivity contribution >= 4 is 17.3 Å². The van der Waals surface area contributed by atoms with Crippen molar-refractivity contribution in [3.63, 3.8) is 0 Å². The van der Waals surface area contributed by atoms with E-state index in [4.69, 9.17) is 4.74 Å². The maximum atomic E-state index is 11.8. The Labute approximate surface area is 105 Å². The lowest BCUT2D eigenvalue weighted by Crippen LogP contribution is -2.04. The van der Waals surface area contributed by atoms with E-state index >= 15 is 0 Å². The fraction of sp³-hybridized carbons (Fsp3) is 0.214. The van der Waals surface area contributed by atoms with Crippen molar-refractivity contribution < 1.29 is 9.53 Å². The highest BCUT2D eigenvalue weighted by Crippen LogP contribution is 2.28. The molecule has 0 aliphatic heterocycles. The third kappa shape index (κ3) is 2.56. The Bertz CT molecular complexity index is 529. The maximum absolute atomic E-state index is 11.8. The van der Waals surface area contributed by atoms with Gasteiger partial charge in [0.05, 0.1) is 12.2 Å². The van der Waals surface area contributed by atoms with Crippen molar-refractivity contribution in [2.24, 2.45) is 0 Å². The molecule has 0 bridgehead atoms. The number of carbonyl (C=O) groups is 1. The molecule has 0 spiro atoms. The van der Waals surface area contributed by atoms with E-state index in [1.165, 1.54) is 16.9 Å². The molecule has 0 saturated heterocycles. The highest BCUT2D eigenvalue weighted by Gasteiger charge is 2.14. The highest BCUT2D eigenvalue weighted by molar-refractivity contribution is 7.08. The zero-order valence-electron chi connectivity index (χ0n) is 9.90. The molecule has 0 unspecified atom stereocenters. The lowest BCUT2D eigenvalue weighted by Gasteiger charge is -2.04. The molecule has 1 heterocycles. The van der Waals surface area contributed by atoms with Crippen LogP contribution in [-0.2, 0) is 4.74 Å². The van der Waals surface area contributed by atoms with E-state index in [2.05, 4.69) is 6.07 Å². The quantitative estimate of drug-likeness (QED) is 0.768. The molecule has 0 aliphatic rings. The van der Waals surface area contributed by atoms with E-state index in [1.807, 2.05) is 42.8 Å². The number of benzene rings is 1. The number of hydrogen-bond acceptors (Lipinski definition) is 3. The first kappa shape index (κ1) is 11.9. The number of carbonyl (C=O) groups excluding carboxylic acids is 1. The number of thiophene rings is 1. The van der Waals surface area contributed by atoms with Gasteiger partial charge in [0.15, 0.2) is 0 Å². The van der Waals surface area contributed by atoms with E-state index in [0.29, 0.717) is 12.2 Å². The van der Waals surface area contributed by atoms with Gasteiger partial charge in [0.1, 0.15) is 0 Å². The van der Waals surface area contributed by atoms with E-state index in [1.54, 1.807) is 0 Å². The predicted octanol–water partition coefficient (Wildman–Crippen LogP) is 3.90. The molecule has 2 aromatic rings. The Morgan fingerprint density at radius 1 is 1.35 bits per heavy atom. The molecule has 1 aromatic heterocycles. The minimum Gasteiger partial charge on any atom is -0.462 e. The molecule has 0 fully saturated rings. The molecule has 3 heteroatoms. The summed E-state index contributed by atoms with van der Waals surface area (Å²) in [4.78, 5) is 11.8. The molecule has 88 valence electrons. The summed E-state index contributed by atoms with van der Waals surface area (Å²) in [6.45, 7) is 4.26. The Morgan fingerprint density at radius 3 is 2.88 bits per heavy atom. The molecular formula is C14H14O2S. The van der Waals surface area contributed by atoms with Gasteiger partial charge >= 0.3 is 5.97 Å². The summed E-state index contributed by atoms with van der Waals surface area (Å²) < 4.78 is 5.05. The van der Waals surface area contributed by atoms with Crippen LogP contribution in [0.25, 0.3) is 11.1 Å². The van der Waals surface area contributed by atoms with Crippen LogP contribution in [0.4, 0.5) is 0 Å². The molecule has 0 N–H and O–H groups in total. The summed E-state index contributed by atoms with van der Waals surface area (Å²) in [6.07, 6.45) is 0. The maximum Gasteiger partial charge on any atom is 0.339 e. The minimum absolute atomic E-state index is 0.245. The van der Waals surface area contributed by atoms with Crippen molar-refractivity contribution in [1.82, 2.24) is 0 Å². The predicted molar refractivity (Wildman–Crippen MR) is 70.4 cm³/mol. The Kier molecular flexibility index (Phi) is 3.59. The molecule has 1 aromatic carbocycles. The summed E-state index contributed by atoms with van der Waals surface area (Å²) in [6, 6.07) is 8.12. The van der Waals surface area contributed by atoms with Gasteiger partial charge in [-0.1, -0.05) is 29.8 Å². The van der Waals surface area contributed by atoms with Gasteiger partial charge in [-0.15, -0.1) is 0 Å². The second-order valence-corrected chi connectivity index (χ2v) is 4.53. The first-order valence-electron chi connectivity index (χ1n) is 5.52. The monoisotopic (exact) mass is 246 g/mol. The Balaban J connectivity index is 2.40.